The van der Waals surface area contributed by atoms with Crippen molar-refractivity contribution in [2.75, 3.05) is 33.4 Å². The van der Waals surface area contributed by atoms with Gasteiger partial charge >= 0.3 is 5.97 Å². The molecular weight excluding hydrogens is 388 g/mol. The Balaban J connectivity index is 2.05. The second-order valence-corrected chi connectivity index (χ2v) is 14.2. The molecule has 2 aromatic carbocycles. The number of carbonyl (C=O) groups is 1. The third-order valence-corrected chi connectivity index (χ3v) is 12.2. The van der Waals surface area contributed by atoms with E-state index in [0.717, 1.165) is 32.7 Å². The van der Waals surface area contributed by atoms with Crippen LogP contribution in [0.25, 0.3) is 0 Å². The third-order valence-electron chi connectivity index (χ3n) is 6.35. The van der Waals surface area contributed by atoms with Gasteiger partial charge in [0.15, 0.2) is 8.24 Å². The number of ether oxygens (including phenoxy) is 1. The van der Waals surface area contributed by atoms with Crippen molar-refractivity contribution in [3.63, 3.8) is 0 Å². The molecule has 1 atom stereocenters. The molecule has 1 aliphatic rings. The molecule has 0 spiro atoms. The van der Waals surface area contributed by atoms with E-state index in [4.69, 9.17) is 4.74 Å². The fraction of sp³-hybridized carbons (Fsp3) is 0.480. The number of esters is 1. The molecule has 3 rings (SSSR count). The van der Waals surface area contributed by atoms with Gasteiger partial charge in [-0.25, -0.2) is 0 Å². The first-order valence-electron chi connectivity index (χ1n) is 11.0. The van der Waals surface area contributed by atoms with E-state index in [1.165, 1.54) is 17.5 Å². The molecule has 0 aliphatic carbocycles. The van der Waals surface area contributed by atoms with Crippen LogP contribution in [0.15, 0.2) is 60.7 Å². The van der Waals surface area contributed by atoms with Gasteiger partial charge in [0, 0.05) is 19.8 Å². The van der Waals surface area contributed by atoms with Crippen molar-refractivity contribution in [3.05, 3.63) is 60.7 Å². The Hall–Kier alpha value is -1.95. The fourth-order valence-electron chi connectivity index (χ4n) is 5.18. The van der Waals surface area contributed by atoms with E-state index in [1.807, 2.05) is 6.92 Å². The van der Waals surface area contributed by atoms with Crippen molar-refractivity contribution in [2.45, 2.75) is 39.2 Å². The van der Waals surface area contributed by atoms with Crippen molar-refractivity contribution in [3.8, 4) is 0 Å². The van der Waals surface area contributed by atoms with Gasteiger partial charge in [-0.05, 0) is 28.4 Å². The lowest BCUT2D eigenvalue weighted by Crippen LogP contribution is -2.77. The second-order valence-electron chi connectivity index (χ2n) is 9.45. The van der Waals surface area contributed by atoms with E-state index >= 15 is 0 Å². The summed E-state index contributed by atoms with van der Waals surface area (Å²) >= 11 is 0. The second kappa shape index (κ2) is 9.46. The van der Waals surface area contributed by atoms with Crippen LogP contribution in [0.5, 0.6) is 0 Å². The van der Waals surface area contributed by atoms with E-state index in [9.17, 15) is 4.79 Å². The number of nitrogens with zero attached hydrogens (tertiary/aromatic N) is 2. The summed E-state index contributed by atoms with van der Waals surface area (Å²) < 4.78 is 7.73. The molecule has 1 saturated heterocycles. The van der Waals surface area contributed by atoms with Gasteiger partial charge in [0.1, 0.15) is 0 Å². The maximum absolute atomic E-state index is 12.0. The summed E-state index contributed by atoms with van der Waals surface area (Å²) in [6.07, 6.45) is 1.11. The molecule has 162 valence electrons. The lowest BCUT2D eigenvalue weighted by atomic mass is 10.1. The van der Waals surface area contributed by atoms with Crippen LogP contribution in [0, 0.1) is 5.92 Å². The molecule has 0 radical (unpaired) electrons. The third kappa shape index (κ3) is 4.38. The highest BCUT2D eigenvalue weighted by Gasteiger charge is 2.53. The molecule has 1 aliphatic heterocycles. The molecule has 1 heterocycles. The number of hydrogen-bond acceptors (Lipinski definition) is 4. The van der Waals surface area contributed by atoms with Gasteiger partial charge in [-0.2, -0.15) is 0 Å². The summed E-state index contributed by atoms with van der Waals surface area (Å²) in [6.45, 7) is 12.9. The van der Waals surface area contributed by atoms with Gasteiger partial charge in [0.05, 0.1) is 13.0 Å². The molecular formula is C25H36N2O2Si. The predicted octanol–water partition coefficient (Wildman–Crippen LogP) is 3.32. The number of benzene rings is 2. The molecule has 5 heteroatoms. The molecule has 0 amide bonds. The molecule has 30 heavy (non-hydrogen) atoms. The molecule has 0 aromatic heterocycles. The van der Waals surface area contributed by atoms with Crippen LogP contribution in [-0.4, -0.2) is 57.1 Å². The maximum Gasteiger partial charge on any atom is 0.309 e. The summed E-state index contributed by atoms with van der Waals surface area (Å²) in [6, 6.07) is 22.2. The zero-order valence-corrected chi connectivity index (χ0v) is 20.1. The summed E-state index contributed by atoms with van der Waals surface area (Å²) in [5.41, 5.74) is 0. The Morgan fingerprint density at radius 2 is 1.53 bits per heavy atom. The van der Waals surface area contributed by atoms with E-state index in [2.05, 4.69) is 90.9 Å². The van der Waals surface area contributed by atoms with Crippen molar-refractivity contribution in [2.24, 2.45) is 5.92 Å². The van der Waals surface area contributed by atoms with Crippen LogP contribution in [0.1, 0.15) is 34.1 Å². The first-order chi connectivity index (χ1) is 14.3. The quantitative estimate of drug-likeness (QED) is 0.526. The van der Waals surface area contributed by atoms with Crippen LogP contribution in [0.3, 0.4) is 0 Å². The highest BCUT2D eigenvalue weighted by atomic mass is 28.3. The van der Waals surface area contributed by atoms with Crippen LogP contribution in [0.4, 0.5) is 0 Å². The molecule has 0 saturated carbocycles. The number of methoxy groups -OCH3 is 1. The van der Waals surface area contributed by atoms with Crippen LogP contribution in [-0.2, 0) is 9.53 Å². The summed E-state index contributed by atoms with van der Waals surface area (Å²) in [5.74, 6) is -0.244. The van der Waals surface area contributed by atoms with Crippen molar-refractivity contribution in [1.29, 1.82) is 0 Å². The normalized spacial score (nSPS) is 17.5. The molecule has 2 aromatic rings. The van der Waals surface area contributed by atoms with E-state index in [0.29, 0.717) is 0 Å². The number of carbonyl (C=O) groups excluding carboxylic acids is 1. The SMILES string of the molecule is COC(=O)C(C)CN1CCCN([Si](c2ccccc2)(c2ccccc2)C(C)(C)C)C1. The summed E-state index contributed by atoms with van der Waals surface area (Å²) in [7, 11) is -0.825. The molecule has 1 fully saturated rings. The number of rotatable bonds is 6. The maximum atomic E-state index is 12.0. The lowest BCUT2D eigenvalue weighted by Gasteiger charge is -2.54. The number of hydrogen-bond donors (Lipinski definition) is 0. The van der Waals surface area contributed by atoms with Crippen LogP contribution >= 0.6 is 0 Å². The standard InChI is InChI=1S/C25H36N2O2Si/c1-21(24(28)29-5)19-26-17-12-18-27(20-26)30(25(2,3)4,22-13-8-6-9-14-22)23-15-10-7-11-16-23/h6-11,13-16,21H,12,17-20H2,1-5H3. The van der Waals surface area contributed by atoms with Gasteiger partial charge < -0.3 is 9.30 Å². The fourth-order valence-corrected chi connectivity index (χ4v) is 11.2. The molecule has 0 N–H and O–H groups in total. The van der Waals surface area contributed by atoms with Gasteiger partial charge in [0.2, 0.25) is 0 Å². The highest BCUT2D eigenvalue weighted by molar-refractivity contribution is 7.02. The van der Waals surface area contributed by atoms with Crippen molar-refractivity contribution < 1.29 is 9.53 Å². The van der Waals surface area contributed by atoms with Crippen molar-refractivity contribution in [1.82, 2.24) is 9.47 Å². The highest BCUT2D eigenvalue weighted by Crippen LogP contribution is 2.39. The minimum absolute atomic E-state index is 0.0900. The molecule has 0 bridgehead atoms. The lowest BCUT2D eigenvalue weighted by molar-refractivity contribution is -0.145. The predicted molar refractivity (Wildman–Crippen MR) is 127 cm³/mol. The van der Waals surface area contributed by atoms with Crippen LogP contribution < -0.4 is 10.4 Å². The van der Waals surface area contributed by atoms with Gasteiger partial charge in [0.25, 0.3) is 0 Å². The Labute approximate surface area is 182 Å². The Bertz CT molecular complexity index is 781. The van der Waals surface area contributed by atoms with Crippen LogP contribution in [0.2, 0.25) is 5.04 Å². The first kappa shape index (κ1) is 22.7. The smallest absolute Gasteiger partial charge is 0.309 e. The Kier molecular flexibility index (Phi) is 7.16. The zero-order chi connectivity index (χ0) is 21.8. The van der Waals surface area contributed by atoms with Gasteiger partial charge in [-0.3, -0.25) is 9.69 Å². The summed E-state index contributed by atoms with van der Waals surface area (Å²) in [5, 5.41) is 2.99. The molecule has 4 nitrogen and oxygen atoms in total. The largest absolute Gasteiger partial charge is 0.469 e. The van der Waals surface area contributed by atoms with Gasteiger partial charge in [-0.1, -0.05) is 88.4 Å². The van der Waals surface area contributed by atoms with E-state index in [-0.39, 0.29) is 16.9 Å². The Morgan fingerprint density at radius 1 is 1.00 bits per heavy atom. The minimum Gasteiger partial charge on any atom is -0.469 e. The monoisotopic (exact) mass is 424 g/mol. The average Bonchev–Trinajstić information content (AvgIpc) is 2.74. The average molecular weight is 425 g/mol. The minimum atomic E-state index is -2.30. The molecule has 1 unspecified atom stereocenters. The van der Waals surface area contributed by atoms with E-state index in [1.54, 1.807) is 0 Å². The first-order valence-corrected chi connectivity index (χ1v) is 12.9. The van der Waals surface area contributed by atoms with Crippen molar-refractivity contribution >= 4 is 24.6 Å². The Morgan fingerprint density at radius 3 is 2.00 bits per heavy atom. The van der Waals surface area contributed by atoms with Gasteiger partial charge in [-0.15, -0.1) is 0 Å². The zero-order valence-electron chi connectivity index (χ0n) is 19.1. The summed E-state index contributed by atoms with van der Waals surface area (Å²) in [4.78, 5) is 14.4. The van der Waals surface area contributed by atoms with E-state index < -0.39 is 8.24 Å². The topological polar surface area (TPSA) is 32.8 Å².